The molecule has 1 aliphatic carbocycles. The predicted molar refractivity (Wildman–Crippen MR) is 68.6 cm³/mol. The number of likely N-dealkylation sites (N-methyl/N-ethyl adjacent to an activating group) is 1. The Morgan fingerprint density at radius 3 is 2.80 bits per heavy atom. The molecule has 0 radical (unpaired) electrons. The second-order valence-corrected chi connectivity index (χ2v) is 5.88. The number of hydrogen-bond acceptors (Lipinski definition) is 3. The van der Waals surface area contributed by atoms with E-state index in [0.29, 0.717) is 0 Å². The SMILES string of the molecule is CCN(CCNC1CCCSC1)C1CC1. The molecule has 1 N–H and O–H groups in total. The van der Waals surface area contributed by atoms with E-state index in [4.69, 9.17) is 0 Å². The summed E-state index contributed by atoms with van der Waals surface area (Å²) < 4.78 is 0. The molecular weight excluding hydrogens is 204 g/mol. The van der Waals surface area contributed by atoms with Gasteiger partial charge in [0.25, 0.3) is 0 Å². The fraction of sp³-hybridized carbons (Fsp3) is 1.00. The molecule has 0 aromatic carbocycles. The van der Waals surface area contributed by atoms with E-state index in [1.54, 1.807) is 0 Å². The molecule has 1 unspecified atom stereocenters. The number of nitrogens with one attached hydrogen (secondary N) is 1. The summed E-state index contributed by atoms with van der Waals surface area (Å²) in [6.45, 7) is 5.96. The van der Waals surface area contributed by atoms with Crippen LogP contribution in [-0.4, -0.2) is 48.1 Å². The van der Waals surface area contributed by atoms with E-state index in [1.165, 1.54) is 56.8 Å². The lowest BCUT2D eigenvalue weighted by atomic mass is 10.2. The zero-order chi connectivity index (χ0) is 10.5. The molecule has 3 heteroatoms. The van der Waals surface area contributed by atoms with Crippen LogP contribution >= 0.6 is 11.8 Å². The van der Waals surface area contributed by atoms with Crippen LogP contribution in [0.4, 0.5) is 0 Å². The van der Waals surface area contributed by atoms with E-state index in [0.717, 1.165) is 12.1 Å². The van der Waals surface area contributed by atoms with Gasteiger partial charge in [0.15, 0.2) is 0 Å². The van der Waals surface area contributed by atoms with E-state index in [2.05, 4.69) is 28.9 Å². The lowest BCUT2D eigenvalue weighted by Crippen LogP contribution is -2.40. The van der Waals surface area contributed by atoms with Gasteiger partial charge in [0.1, 0.15) is 0 Å². The standard InChI is InChI=1S/C12H24N2S/c1-2-14(12-5-6-12)8-7-13-11-4-3-9-15-10-11/h11-13H,2-10H2,1H3. The van der Waals surface area contributed by atoms with Crippen molar-refractivity contribution in [2.24, 2.45) is 0 Å². The molecule has 1 saturated carbocycles. The molecule has 0 spiro atoms. The molecule has 88 valence electrons. The third-order valence-corrected chi connectivity index (χ3v) is 4.68. The van der Waals surface area contributed by atoms with E-state index in [9.17, 15) is 0 Å². The van der Waals surface area contributed by atoms with Crippen LogP contribution in [0.25, 0.3) is 0 Å². The van der Waals surface area contributed by atoms with Gasteiger partial charge in [0.05, 0.1) is 0 Å². The van der Waals surface area contributed by atoms with Gasteiger partial charge in [0, 0.05) is 30.9 Å². The summed E-state index contributed by atoms with van der Waals surface area (Å²) in [5.74, 6) is 2.71. The van der Waals surface area contributed by atoms with E-state index in [-0.39, 0.29) is 0 Å². The van der Waals surface area contributed by atoms with E-state index >= 15 is 0 Å². The van der Waals surface area contributed by atoms with Gasteiger partial charge in [-0.15, -0.1) is 0 Å². The molecule has 1 heterocycles. The molecule has 0 bridgehead atoms. The molecule has 2 rings (SSSR count). The summed E-state index contributed by atoms with van der Waals surface area (Å²) in [7, 11) is 0. The quantitative estimate of drug-likeness (QED) is 0.748. The molecule has 2 aliphatic rings. The average Bonchev–Trinajstić information content (AvgIpc) is 3.10. The maximum absolute atomic E-state index is 3.71. The van der Waals surface area contributed by atoms with Gasteiger partial charge in [-0.1, -0.05) is 6.92 Å². The maximum Gasteiger partial charge on any atom is 0.0159 e. The van der Waals surface area contributed by atoms with Crippen molar-refractivity contribution in [3.05, 3.63) is 0 Å². The Kier molecular flexibility index (Phi) is 4.79. The van der Waals surface area contributed by atoms with Crippen molar-refractivity contribution in [1.29, 1.82) is 0 Å². The normalized spacial score (nSPS) is 27.2. The van der Waals surface area contributed by atoms with Crippen molar-refractivity contribution in [1.82, 2.24) is 10.2 Å². The van der Waals surface area contributed by atoms with Crippen LogP contribution in [0.15, 0.2) is 0 Å². The Bertz CT molecular complexity index is 176. The van der Waals surface area contributed by atoms with Gasteiger partial charge in [-0.2, -0.15) is 11.8 Å². The fourth-order valence-corrected chi connectivity index (χ4v) is 3.46. The van der Waals surface area contributed by atoms with Crippen LogP contribution in [0.2, 0.25) is 0 Å². The fourth-order valence-electron chi connectivity index (χ4n) is 2.35. The van der Waals surface area contributed by atoms with Crippen LogP contribution in [-0.2, 0) is 0 Å². The monoisotopic (exact) mass is 228 g/mol. The molecule has 15 heavy (non-hydrogen) atoms. The predicted octanol–water partition coefficient (Wildman–Crippen LogP) is 1.96. The van der Waals surface area contributed by atoms with Crippen molar-refractivity contribution < 1.29 is 0 Å². The number of thioether (sulfide) groups is 1. The summed E-state index contributed by atoms with van der Waals surface area (Å²) >= 11 is 2.11. The van der Waals surface area contributed by atoms with Crippen molar-refractivity contribution in [2.45, 2.75) is 44.7 Å². The zero-order valence-corrected chi connectivity index (χ0v) is 10.7. The van der Waals surface area contributed by atoms with Crippen LogP contribution in [0.5, 0.6) is 0 Å². The third kappa shape index (κ3) is 3.97. The molecule has 0 aromatic rings. The van der Waals surface area contributed by atoms with Crippen molar-refractivity contribution in [3.63, 3.8) is 0 Å². The minimum atomic E-state index is 0.793. The molecule has 2 fully saturated rings. The first-order valence-corrected chi connectivity index (χ1v) is 7.61. The number of nitrogens with zero attached hydrogens (tertiary/aromatic N) is 1. The van der Waals surface area contributed by atoms with Crippen LogP contribution in [0.3, 0.4) is 0 Å². The highest BCUT2D eigenvalue weighted by molar-refractivity contribution is 7.99. The average molecular weight is 228 g/mol. The molecule has 1 saturated heterocycles. The first-order valence-electron chi connectivity index (χ1n) is 6.45. The minimum Gasteiger partial charge on any atom is -0.312 e. The summed E-state index contributed by atoms with van der Waals surface area (Å²) in [6.07, 6.45) is 5.67. The van der Waals surface area contributed by atoms with Crippen LogP contribution in [0.1, 0.15) is 32.6 Å². The lowest BCUT2D eigenvalue weighted by molar-refractivity contribution is 0.272. The Morgan fingerprint density at radius 2 is 2.20 bits per heavy atom. The molecule has 2 nitrogen and oxygen atoms in total. The lowest BCUT2D eigenvalue weighted by Gasteiger charge is -2.25. The summed E-state index contributed by atoms with van der Waals surface area (Å²) in [4.78, 5) is 2.63. The van der Waals surface area contributed by atoms with Crippen LogP contribution < -0.4 is 5.32 Å². The molecule has 1 aliphatic heterocycles. The molecule has 0 aromatic heterocycles. The molecular formula is C12H24N2S. The topological polar surface area (TPSA) is 15.3 Å². The molecule has 1 atom stereocenters. The first kappa shape index (κ1) is 11.7. The largest absolute Gasteiger partial charge is 0.312 e. The van der Waals surface area contributed by atoms with Gasteiger partial charge >= 0.3 is 0 Å². The third-order valence-electron chi connectivity index (χ3n) is 3.46. The number of hydrogen-bond donors (Lipinski definition) is 1. The van der Waals surface area contributed by atoms with Gasteiger partial charge in [0.2, 0.25) is 0 Å². The number of rotatable bonds is 6. The zero-order valence-electron chi connectivity index (χ0n) is 9.87. The van der Waals surface area contributed by atoms with Crippen LogP contribution in [0, 0.1) is 0 Å². The second kappa shape index (κ2) is 6.12. The highest BCUT2D eigenvalue weighted by Crippen LogP contribution is 2.25. The van der Waals surface area contributed by atoms with Gasteiger partial charge in [-0.25, -0.2) is 0 Å². The van der Waals surface area contributed by atoms with Crippen molar-refractivity contribution in [3.8, 4) is 0 Å². The highest BCUT2D eigenvalue weighted by Gasteiger charge is 2.27. The van der Waals surface area contributed by atoms with Crippen molar-refractivity contribution >= 4 is 11.8 Å². The Hall–Kier alpha value is 0.270. The van der Waals surface area contributed by atoms with Crippen molar-refractivity contribution in [2.75, 3.05) is 31.1 Å². The summed E-state index contributed by atoms with van der Waals surface area (Å²) in [6, 6.07) is 1.72. The summed E-state index contributed by atoms with van der Waals surface area (Å²) in [5.41, 5.74) is 0. The first-order chi connectivity index (χ1) is 7.40. The Balaban J connectivity index is 1.56. The van der Waals surface area contributed by atoms with E-state index < -0.39 is 0 Å². The maximum atomic E-state index is 3.71. The van der Waals surface area contributed by atoms with E-state index in [1.807, 2.05) is 0 Å². The highest BCUT2D eigenvalue weighted by atomic mass is 32.2. The Morgan fingerprint density at radius 1 is 1.33 bits per heavy atom. The Labute approximate surface area is 98.2 Å². The molecule has 0 amide bonds. The smallest absolute Gasteiger partial charge is 0.0159 e. The van der Waals surface area contributed by atoms with Gasteiger partial charge in [-0.3, -0.25) is 4.90 Å². The minimum absolute atomic E-state index is 0.793. The van der Waals surface area contributed by atoms with Gasteiger partial charge < -0.3 is 5.32 Å². The van der Waals surface area contributed by atoms with Gasteiger partial charge in [-0.05, 0) is 38.0 Å². The summed E-state index contributed by atoms with van der Waals surface area (Å²) in [5, 5.41) is 3.71. The second-order valence-electron chi connectivity index (χ2n) is 4.73.